The highest BCUT2D eigenvalue weighted by Crippen LogP contribution is 2.27. The lowest BCUT2D eigenvalue weighted by Crippen LogP contribution is -2.52. The Morgan fingerprint density at radius 3 is 2.16 bits per heavy atom. The van der Waals surface area contributed by atoms with Gasteiger partial charge >= 0.3 is 11.9 Å². The van der Waals surface area contributed by atoms with Gasteiger partial charge in [0.05, 0.1) is 4.90 Å². The first-order valence-corrected chi connectivity index (χ1v) is 15.9. The zero-order valence-electron chi connectivity index (χ0n) is 24.0. The molecule has 13 heteroatoms. The summed E-state index contributed by atoms with van der Waals surface area (Å²) in [6.07, 6.45) is -1.03. The zero-order valence-corrected chi connectivity index (χ0v) is 26.3. The molecule has 0 saturated heterocycles. The molecule has 0 saturated carbocycles. The minimum Gasteiger partial charge on any atom is -0.489 e. The molecule has 0 aliphatic heterocycles. The van der Waals surface area contributed by atoms with Gasteiger partial charge in [-0.1, -0.05) is 71.7 Å². The molecule has 2 atom stereocenters. The van der Waals surface area contributed by atoms with Crippen LogP contribution in [0, 0.1) is 0 Å². The van der Waals surface area contributed by atoms with Crippen molar-refractivity contribution in [1.82, 2.24) is 9.62 Å². The molecule has 0 heterocycles. The summed E-state index contributed by atoms with van der Waals surface area (Å²) in [5.74, 6) is -3.06. The van der Waals surface area contributed by atoms with Crippen molar-refractivity contribution in [3.8, 4) is 5.75 Å². The van der Waals surface area contributed by atoms with Crippen molar-refractivity contribution < 1.29 is 37.8 Å². The maximum atomic E-state index is 13.5. The molecule has 236 valence electrons. The highest BCUT2D eigenvalue weighted by molar-refractivity contribution is 7.89. The van der Waals surface area contributed by atoms with Crippen LogP contribution in [0.5, 0.6) is 5.75 Å². The van der Waals surface area contributed by atoms with E-state index >= 15 is 0 Å². The highest BCUT2D eigenvalue weighted by Gasteiger charge is 2.35. The number of sulfonamides is 1. The molecule has 0 aromatic heterocycles. The molecule has 0 bridgehead atoms. The monoisotopic (exact) mass is 672 g/mol. The average Bonchev–Trinajstić information content (AvgIpc) is 3.00. The molecule has 4 rings (SSSR count). The number of carbonyl (C=O) groups excluding carboxylic acids is 1. The van der Waals surface area contributed by atoms with Gasteiger partial charge in [-0.05, 0) is 59.2 Å². The van der Waals surface area contributed by atoms with Gasteiger partial charge in [0, 0.05) is 35.5 Å². The van der Waals surface area contributed by atoms with Gasteiger partial charge in [-0.2, -0.15) is 4.31 Å². The molecule has 4 aromatic carbocycles. The molecule has 0 aliphatic rings. The Labute approximate surface area is 270 Å². The topological polar surface area (TPSA) is 150 Å². The third kappa shape index (κ3) is 8.52. The van der Waals surface area contributed by atoms with Gasteiger partial charge in [0.15, 0.2) is 0 Å². The molecule has 10 nitrogen and oxygen atoms in total. The second-order valence-corrected chi connectivity index (χ2v) is 13.0. The minimum absolute atomic E-state index is 0.0919. The predicted molar refractivity (Wildman–Crippen MR) is 170 cm³/mol. The van der Waals surface area contributed by atoms with Crippen LogP contribution in [0.15, 0.2) is 89.8 Å². The molecule has 0 radical (unpaired) electrons. The van der Waals surface area contributed by atoms with Gasteiger partial charge in [-0.15, -0.1) is 0 Å². The van der Waals surface area contributed by atoms with Crippen molar-refractivity contribution in [3.63, 3.8) is 0 Å². The summed E-state index contributed by atoms with van der Waals surface area (Å²) in [7, 11) is -3.10. The second kappa shape index (κ2) is 14.7. The normalized spacial score (nSPS) is 12.9. The number of carboxylic acid groups (broad SMARTS) is 2. The minimum atomic E-state index is -4.27. The number of fused-ring (bicyclic) bond motifs is 1. The lowest BCUT2D eigenvalue weighted by Gasteiger charge is -2.28. The van der Waals surface area contributed by atoms with Crippen LogP contribution in [-0.4, -0.2) is 59.9 Å². The summed E-state index contributed by atoms with van der Waals surface area (Å²) in [5.41, 5.74) is 1.16. The van der Waals surface area contributed by atoms with Gasteiger partial charge in [0.2, 0.25) is 15.9 Å². The number of hydrogen-bond donors (Lipinski definition) is 3. The van der Waals surface area contributed by atoms with Gasteiger partial charge in [0.1, 0.15) is 24.4 Å². The van der Waals surface area contributed by atoms with Crippen molar-refractivity contribution in [2.24, 2.45) is 0 Å². The van der Waals surface area contributed by atoms with Crippen LogP contribution in [0.3, 0.4) is 0 Å². The predicted octanol–water partition coefficient (Wildman–Crippen LogP) is 5.39. The van der Waals surface area contributed by atoms with Crippen molar-refractivity contribution in [3.05, 3.63) is 106 Å². The summed E-state index contributed by atoms with van der Waals surface area (Å²) >= 11 is 12.4. The van der Waals surface area contributed by atoms with E-state index in [4.69, 9.17) is 27.9 Å². The number of hydrogen-bond acceptors (Lipinski definition) is 6. The maximum Gasteiger partial charge on any atom is 0.326 e. The van der Waals surface area contributed by atoms with Gasteiger partial charge < -0.3 is 20.3 Å². The van der Waals surface area contributed by atoms with Crippen molar-refractivity contribution in [2.75, 3.05) is 7.05 Å². The highest BCUT2D eigenvalue weighted by atomic mass is 35.5. The molecule has 0 aliphatic carbocycles. The van der Waals surface area contributed by atoms with Gasteiger partial charge in [-0.3, -0.25) is 9.59 Å². The smallest absolute Gasteiger partial charge is 0.326 e. The Morgan fingerprint density at radius 1 is 0.889 bits per heavy atom. The molecule has 4 aromatic rings. The summed E-state index contributed by atoms with van der Waals surface area (Å²) in [6, 6.07) is 20.3. The summed E-state index contributed by atoms with van der Waals surface area (Å²) in [6.45, 7) is 0.110. The van der Waals surface area contributed by atoms with E-state index in [0.717, 1.165) is 9.69 Å². The molecule has 0 unspecified atom stereocenters. The fourth-order valence-electron chi connectivity index (χ4n) is 4.65. The van der Waals surface area contributed by atoms with Crippen LogP contribution in [0.25, 0.3) is 10.8 Å². The van der Waals surface area contributed by atoms with Crippen molar-refractivity contribution >= 4 is 61.8 Å². The number of benzene rings is 4. The number of aliphatic carboxylic acids is 2. The third-order valence-corrected chi connectivity index (χ3v) is 9.76. The Balaban J connectivity index is 1.48. The molecule has 0 spiro atoms. The van der Waals surface area contributed by atoms with E-state index in [2.05, 4.69) is 5.32 Å². The van der Waals surface area contributed by atoms with E-state index in [-0.39, 0.29) is 24.3 Å². The van der Waals surface area contributed by atoms with Gasteiger partial charge in [-0.25, -0.2) is 13.2 Å². The number of ether oxygens (including phenoxy) is 1. The van der Waals surface area contributed by atoms with Crippen LogP contribution in [0.4, 0.5) is 0 Å². The van der Waals surface area contributed by atoms with E-state index < -0.39 is 46.4 Å². The first-order chi connectivity index (χ1) is 21.4. The number of halogens is 2. The fourth-order valence-corrected chi connectivity index (χ4v) is 6.54. The molecular formula is C32H30Cl2N2O8S. The van der Waals surface area contributed by atoms with E-state index in [1.165, 1.54) is 19.2 Å². The van der Waals surface area contributed by atoms with Crippen LogP contribution < -0.4 is 10.1 Å². The van der Waals surface area contributed by atoms with E-state index in [0.29, 0.717) is 32.3 Å². The number of carbonyl (C=O) groups is 3. The molecule has 0 fully saturated rings. The molecule has 1 amide bonds. The Bertz CT molecular complexity index is 1800. The fraction of sp³-hybridized carbons (Fsp3) is 0.219. The maximum absolute atomic E-state index is 13.5. The zero-order chi connectivity index (χ0) is 32.7. The largest absolute Gasteiger partial charge is 0.489 e. The van der Waals surface area contributed by atoms with Crippen molar-refractivity contribution in [2.45, 2.75) is 42.8 Å². The quantitative estimate of drug-likeness (QED) is 0.161. The Hall–Kier alpha value is -4.16. The van der Waals surface area contributed by atoms with Crippen LogP contribution >= 0.6 is 23.2 Å². The summed E-state index contributed by atoms with van der Waals surface area (Å²) in [4.78, 5) is 36.8. The lowest BCUT2D eigenvalue weighted by molar-refractivity contribution is -0.143. The van der Waals surface area contributed by atoms with E-state index in [1.54, 1.807) is 60.7 Å². The Kier molecular flexibility index (Phi) is 11.1. The Morgan fingerprint density at radius 2 is 1.53 bits per heavy atom. The van der Waals surface area contributed by atoms with E-state index in [9.17, 15) is 33.0 Å². The number of amides is 1. The van der Waals surface area contributed by atoms with Crippen molar-refractivity contribution in [1.29, 1.82) is 0 Å². The van der Waals surface area contributed by atoms with Crippen LogP contribution in [-0.2, 0) is 37.4 Å². The number of nitrogens with zero attached hydrogens (tertiary/aromatic N) is 1. The third-order valence-electron chi connectivity index (χ3n) is 7.19. The molecular weight excluding hydrogens is 643 g/mol. The number of nitrogens with one attached hydrogen (secondary N) is 1. The average molecular weight is 674 g/mol. The van der Waals surface area contributed by atoms with Gasteiger partial charge in [0.25, 0.3) is 0 Å². The first-order valence-electron chi connectivity index (χ1n) is 13.7. The molecule has 45 heavy (non-hydrogen) atoms. The standard InChI is InChI=1S/C32H30Cl2N2O8S/c1-36(45(42,43)24-14-11-21-5-2-3-6-22(21)18-24)29(15-16-30(37)38)31(39)35-28(32(40)41)17-20-9-12-23(13-10-20)44-19-25-26(33)7-4-8-27(25)34/h2-14,18,28-29H,15-17,19H2,1H3,(H,35,39)(H,37,38)(H,40,41)/t28-,29-/m0/s1. The number of likely N-dealkylation sites (N-methyl/N-ethyl adjacent to an activating group) is 1. The second-order valence-electron chi connectivity index (χ2n) is 10.2. The first kappa shape index (κ1) is 33.7. The van der Waals surface area contributed by atoms with E-state index in [1.807, 2.05) is 12.1 Å². The molecule has 3 N–H and O–H groups in total. The van der Waals surface area contributed by atoms with Crippen LogP contribution in [0.1, 0.15) is 24.0 Å². The lowest BCUT2D eigenvalue weighted by atomic mass is 10.0. The number of carboxylic acids is 2. The summed E-state index contributed by atoms with van der Waals surface area (Å²) < 4.78 is 33.6. The summed E-state index contributed by atoms with van der Waals surface area (Å²) in [5, 5.41) is 23.9. The SMILES string of the molecule is CN([C@@H](CCC(=O)O)C(=O)N[C@@H](Cc1ccc(OCc2c(Cl)cccc2Cl)cc1)C(=O)O)S(=O)(=O)c1ccc2ccccc2c1. The number of rotatable bonds is 14. The van der Waals surface area contributed by atoms with Crippen LogP contribution in [0.2, 0.25) is 10.0 Å².